The molecule has 1 aromatic carbocycles. The molecule has 0 bridgehead atoms. The fourth-order valence-electron chi connectivity index (χ4n) is 2.04. The third kappa shape index (κ3) is 2.85. The molecule has 1 amide bonds. The molecule has 108 valence electrons. The van der Waals surface area contributed by atoms with Crippen molar-refractivity contribution in [3.63, 3.8) is 0 Å². The number of aromatic nitrogens is 1. The fourth-order valence-corrected chi connectivity index (χ4v) is 2.26. The molecule has 0 fully saturated rings. The molecule has 0 aliphatic carbocycles. The maximum absolute atomic E-state index is 12.4. The number of pyridine rings is 1. The number of nitrogens with one attached hydrogen (secondary N) is 1. The van der Waals surface area contributed by atoms with Crippen LogP contribution in [-0.2, 0) is 0 Å². The van der Waals surface area contributed by atoms with Crippen LogP contribution in [0.2, 0.25) is 0 Å². The third-order valence-electron chi connectivity index (χ3n) is 3.10. The van der Waals surface area contributed by atoms with E-state index >= 15 is 0 Å². The molecule has 0 saturated carbocycles. The van der Waals surface area contributed by atoms with Crippen molar-refractivity contribution in [3.05, 3.63) is 46.1 Å². The number of hydrogen-bond acceptors (Lipinski definition) is 4. The van der Waals surface area contributed by atoms with Crippen LogP contribution >= 0.6 is 15.9 Å². The Labute approximate surface area is 130 Å². The molecule has 21 heavy (non-hydrogen) atoms. The summed E-state index contributed by atoms with van der Waals surface area (Å²) >= 11 is 3.38. The number of fused-ring (bicyclic) bond motifs is 1. The van der Waals surface area contributed by atoms with Crippen LogP contribution in [0.25, 0.3) is 0 Å². The van der Waals surface area contributed by atoms with Gasteiger partial charge in [0.2, 0.25) is 0 Å². The number of para-hydroxylation sites is 1. The first-order valence-electron chi connectivity index (χ1n) is 6.47. The number of carbonyl (C=O) groups excluding carboxylic acids is 1. The Morgan fingerprint density at radius 3 is 2.95 bits per heavy atom. The van der Waals surface area contributed by atoms with Gasteiger partial charge >= 0.3 is 0 Å². The van der Waals surface area contributed by atoms with Crippen molar-refractivity contribution in [1.29, 1.82) is 0 Å². The van der Waals surface area contributed by atoms with Crippen LogP contribution in [0.1, 0.15) is 15.9 Å². The Kier molecular flexibility index (Phi) is 3.79. The molecule has 1 aromatic heterocycles. The highest BCUT2D eigenvalue weighted by Crippen LogP contribution is 2.33. The molecule has 2 aromatic rings. The number of anilines is 1. The van der Waals surface area contributed by atoms with Crippen molar-refractivity contribution in [2.24, 2.45) is 0 Å². The average molecular weight is 349 g/mol. The summed E-state index contributed by atoms with van der Waals surface area (Å²) in [6, 6.07) is 7.05. The lowest BCUT2D eigenvalue weighted by Crippen LogP contribution is -2.20. The summed E-state index contributed by atoms with van der Waals surface area (Å²) in [6.07, 6.45) is 1.66. The minimum absolute atomic E-state index is 0.272. The first-order chi connectivity index (χ1) is 10.1. The Morgan fingerprint density at radius 1 is 1.33 bits per heavy atom. The number of ether oxygens (including phenoxy) is 2. The highest BCUT2D eigenvalue weighted by molar-refractivity contribution is 9.10. The Morgan fingerprint density at radius 2 is 2.14 bits per heavy atom. The summed E-state index contributed by atoms with van der Waals surface area (Å²) in [5.41, 5.74) is 1.43. The summed E-state index contributed by atoms with van der Waals surface area (Å²) in [5.74, 6) is 1.30. The van der Waals surface area contributed by atoms with E-state index in [0.717, 1.165) is 10.0 Å². The molecule has 5 nitrogen and oxygen atoms in total. The van der Waals surface area contributed by atoms with E-state index < -0.39 is 0 Å². The Hall–Kier alpha value is -2.08. The van der Waals surface area contributed by atoms with Crippen molar-refractivity contribution in [1.82, 2.24) is 4.98 Å². The van der Waals surface area contributed by atoms with Gasteiger partial charge in [0.05, 0.1) is 5.56 Å². The molecule has 1 aliphatic rings. The van der Waals surface area contributed by atoms with Crippen LogP contribution in [0.4, 0.5) is 5.82 Å². The van der Waals surface area contributed by atoms with Crippen LogP contribution < -0.4 is 14.8 Å². The van der Waals surface area contributed by atoms with Gasteiger partial charge in [-0.05, 0) is 46.6 Å². The first-order valence-corrected chi connectivity index (χ1v) is 7.26. The molecule has 1 aliphatic heterocycles. The molecule has 2 heterocycles. The van der Waals surface area contributed by atoms with Gasteiger partial charge < -0.3 is 14.8 Å². The van der Waals surface area contributed by atoms with Gasteiger partial charge in [-0.25, -0.2) is 4.98 Å². The maximum atomic E-state index is 12.4. The number of halogens is 1. The summed E-state index contributed by atoms with van der Waals surface area (Å²) in [6.45, 7) is 2.86. The molecule has 0 spiro atoms. The summed E-state index contributed by atoms with van der Waals surface area (Å²) in [4.78, 5) is 16.5. The monoisotopic (exact) mass is 348 g/mol. The van der Waals surface area contributed by atoms with Crippen molar-refractivity contribution in [3.8, 4) is 11.5 Å². The van der Waals surface area contributed by atoms with Gasteiger partial charge in [-0.15, -0.1) is 0 Å². The average Bonchev–Trinajstić information content (AvgIpc) is 2.50. The van der Waals surface area contributed by atoms with Gasteiger partial charge in [-0.2, -0.15) is 0 Å². The summed E-state index contributed by atoms with van der Waals surface area (Å²) < 4.78 is 11.9. The lowest BCUT2D eigenvalue weighted by atomic mass is 10.1. The van der Waals surface area contributed by atoms with E-state index in [-0.39, 0.29) is 5.91 Å². The highest BCUT2D eigenvalue weighted by Gasteiger charge is 2.20. The van der Waals surface area contributed by atoms with Crippen molar-refractivity contribution in [2.75, 3.05) is 18.5 Å². The van der Waals surface area contributed by atoms with E-state index in [1.165, 1.54) is 0 Å². The van der Waals surface area contributed by atoms with Crippen LogP contribution in [0, 0.1) is 6.92 Å². The number of benzene rings is 1. The third-order valence-corrected chi connectivity index (χ3v) is 3.93. The molecule has 6 heteroatoms. The predicted octanol–water partition coefficient (Wildman–Crippen LogP) is 3.18. The SMILES string of the molecule is Cc1cc(NC(=O)c2cccc3c2OCCO3)ncc1Br. The van der Waals surface area contributed by atoms with Gasteiger partial charge in [0.1, 0.15) is 19.0 Å². The van der Waals surface area contributed by atoms with Crippen LogP contribution in [0.3, 0.4) is 0 Å². The van der Waals surface area contributed by atoms with Gasteiger partial charge in [0.15, 0.2) is 11.5 Å². The smallest absolute Gasteiger partial charge is 0.260 e. The van der Waals surface area contributed by atoms with Crippen molar-refractivity contribution in [2.45, 2.75) is 6.92 Å². The lowest BCUT2D eigenvalue weighted by molar-refractivity contribution is 0.101. The number of aryl methyl sites for hydroxylation is 1. The number of nitrogens with zero attached hydrogens (tertiary/aromatic N) is 1. The number of amides is 1. The van der Waals surface area contributed by atoms with Crippen molar-refractivity contribution >= 4 is 27.7 Å². The molecule has 1 N–H and O–H groups in total. The quantitative estimate of drug-likeness (QED) is 0.905. The molecule has 0 radical (unpaired) electrons. The van der Waals surface area contributed by atoms with E-state index in [0.29, 0.717) is 36.1 Å². The molecule has 0 atom stereocenters. The van der Waals surface area contributed by atoms with E-state index in [2.05, 4.69) is 26.2 Å². The maximum Gasteiger partial charge on any atom is 0.260 e. The molecule has 0 unspecified atom stereocenters. The fraction of sp³-hybridized carbons (Fsp3) is 0.200. The number of carbonyl (C=O) groups is 1. The highest BCUT2D eigenvalue weighted by atomic mass is 79.9. The Bertz CT molecular complexity index is 703. The van der Waals surface area contributed by atoms with E-state index in [1.54, 1.807) is 30.5 Å². The minimum Gasteiger partial charge on any atom is -0.486 e. The number of hydrogen-bond donors (Lipinski definition) is 1. The number of rotatable bonds is 2. The molecular weight excluding hydrogens is 336 g/mol. The zero-order valence-corrected chi connectivity index (χ0v) is 12.9. The van der Waals surface area contributed by atoms with Gasteiger partial charge in [-0.1, -0.05) is 6.07 Å². The van der Waals surface area contributed by atoms with Crippen LogP contribution in [0.5, 0.6) is 11.5 Å². The van der Waals surface area contributed by atoms with Gasteiger partial charge in [0, 0.05) is 10.7 Å². The van der Waals surface area contributed by atoms with Crippen LogP contribution in [-0.4, -0.2) is 24.1 Å². The zero-order valence-electron chi connectivity index (χ0n) is 11.4. The normalized spacial score (nSPS) is 12.9. The largest absolute Gasteiger partial charge is 0.486 e. The predicted molar refractivity (Wildman–Crippen MR) is 82.1 cm³/mol. The van der Waals surface area contributed by atoms with E-state index in [1.807, 2.05) is 6.92 Å². The van der Waals surface area contributed by atoms with Crippen molar-refractivity contribution < 1.29 is 14.3 Å². The summed E-state index contributed by atoms with van der Waals surface area (Å²) in [5, 5.41) is 2.77. The van der Waals surface area contributed by atoms with Gasteiger partial charge in [0.25, 0.3) is 5.91 Å². The summed E-state index contributed by atoms with van der Waals surface area (Å²) in [7, 11) is 0. The standard InChI is InChI=1S/C15H13BrN2O3/c1-9-7-13(17-8-11(9)16)18-15(19)10-3-2-4-12-14(10)21-6-5-20-12/h2-4,7-8H,5-6H2,1H3,(H,17,18,19). The molecule has 0 saturated heterocycles. The van der Waals surface area contributed by atoms with E-state index in [4.69, 9.17) is 9.47 Å². The lowest BCUT2D eigenvalue weighted by Gasteiger charge is -2.20. The second-order valence-corrected chi connectivity index (χ2v) is 5.46. The first kappa shape index (κ1) is 13.9. The zero-order chi connectivity index (χ0) is 14.8. The second-order valence-electron chi connectivity index (χ2n) is 4.60. The van der Waals surface area contributed by atoms with E-state index in [9.17, 15) is 4.79 Å². The Balaban J connectivity index is 1.87. The molecular formula is C15H13BrN2O3. The molecule has 3 rings (SSSR count). The van der Waals surface area contributed by atoms with Crippen LogP contribution in [0.15, 0.2) is 34.9 Å². The second kappa shape index (κ2) is 5.73. The topological polar surface area (TPSA) is 60.5 Å². The van der Waals surface area contributed by atoms with Gasteiger partial charge in [-0.3, -0.25) is 4.79 Å². The minimum atomic E-state index is -0.272.